The molecular weight excluding hydrogens is 702 g/mol. The number of para-hydroxylation sites is 1. The van der Waals surface area contributed by atoms with Crippen LogP contribution in [-0.2, 0) is 0 Å². The van der Waals surface area contributed by atoms with Crippen molar-refractivity contribution in [2.75, 3.05) is 4.90 Å². The molecule has 196 valence electrons. The molecule has 0 bridgehead atoms. The van der Waals surface area contributed by atoms with E-state index < -0.39 is 18.2 Å². The Kier molecular flexibility index (Phi) is 4.55. The van der Waals surface area contributed by atoms with Crippen LogP contribution in [0.2, 0.25) is 20.1 Å². The first-order valence-electron chi connectivity index (χ1n) is 12.3. The fourth-order valence-electron chi connectivity index (χ4n) is 6.38. The van der Waals surface area contributed by atoms with E-state index in [0.717, 1.165) is 27.6 Å². The van der Waals surface area contributed by atoms with Crippen LogP contribution in [0.3, 0.4) is 0 Å². The minimum atomic E-state index is -5.67. The Bertz CT molecular complexity index is 1880. The van der Waals surface area contributed by atoms with Gasteiger partial charge >= 0.3 is 252 Å². The molecule has 10 heteroatoms. The number of hydrogen-bond acceptors (Lipinski definition) is 5. The Morgan fingerprint density at radius 3 is 1.43 bits per heavy atom. The summed E-state index contributed by atoms with van der Waals surface area (Å²) in [6.07, 6.45) is 0. The summed E-state index contributed by atoms with van der Waals surface area (Å²) in [7, 11) is 0. The summed E-state index contributed by atoms with van der Waals surface area (Å²) in [6, 6.07) is 27.7. The van der Waals surface area contributed by atoms with E-state index in [-0.39, 0.29) is 31.6 Å². The Morgan fingerprint density at radius 2 is 0.925 bits per heavy atom. The SMILES string of the molecule is Clc1c(Cl)c(Cl)c2c(c1Cl)[O][Sb]13([O]2)[c]2c4cccc2Oc2cccc([c]21)N(c1ccccc1)c1cccc([c]13)O4. The van der Waals surface area contributed by atoms with Crippen molar-refractivity contribution in [3.05, 3.63) is 105 Å². The van der Waals surface area contributed by atoms with Crippen molar-refractivity contribution < 1.29 is 15.5 Å². The van der Waals surface area contributed by atoms with Crippen molar-refractivity contribution in [1.29, 1.82) is 0 Å². The van der Waals surface area contributed by atoms with Crippen LogP contribution in [0.5, 0.6) is 34.5 Å². The van der Waals surface area contributed by atoms with Gasteiger partial charge in [0.2, 0.25) is 0 Å². The summed E-state index contributed by atoms with van der Waals surface area (Å²) in [4.78, 5) is 2.18. The minimum absolute atomic E-state index is 0.103. The van der Waals surface area contributed by atoms with Crippen molar-refractivity contribution in [3.8, 4) is 34.5 Å². The zero-order valence-electron chi connectivity index (χ0n) is 20.1. The molecule has 0 radical (unpaired) electrons. The topological polar surface area (TPSA) is 40.2 Å². The van der Waals surface area contributed by atoms with Crippen molar-refractivity contribution in [2.45, 2.75) is 0 Å². The number of fused-ring (bicyclic) bond motifs is 1. The molecule has 0 aliphatic carbocycles. The second kappa shape index (κ2) is 7.67. The van der Waals surface area contributed by atoms with Gasteiger partial charge in [0.15, 0.2) is 0 Å². The number of benzene rings is 5. The van der Waals surface area contributed by atoms with Crippen LogP contribution in [0.1, 0.15) is 0 Å². The Morgan fingerprint density at radius 1 is 0.475 bits per heavy atom. The molecule has 0 aromatic heterocycles. The molecule has 0 saturated heterocycles. The molecular formula is C30H14Cl4NO4Sb. The summed E-state index contributed by atoms with van der Waals surface area (Å²) in [5.41, 5.74) is 2.70. The molecule has 4 heterocycles. The van der Waals surface area contributed by atoms with Gasteiger partial charge in [-0.05, 0) is 0 Å². The molecule has 40 heavy (non-hydrogen) atoms. The van der Waals surface area contributed by atoms with E-state index in [1.807, 2.05) is 60.7 Å². The van der Waals surface area contributed by atoms with E-state index in [1.165, 1.54) is 0 Å². The zero-order chi connectivity index (χ0) is 27.0. The molecule has 0 unspecified atom stereocenters. The molecule has 0 saturated carbocycles. The van der Waals surface area contributed by atoms with Gasteiger partial charge in [-0.15, -0.1) is 0 Å². The van der Waals surface area contributed by atoms with Crippen LogP contribution in [0, 0.1) is 0 Å². The van der Waals surface area contributed by atoms with E-state index in [2.05, 4.69) is 29.2 Å². The Labute approximate surface area is 250 Å². The first-order valence-corrected chi connectivity index (χ1v) is 19.8. The van der Waals surface area contributed by atoms with Gasteiger partial charge in [-0.3, -0.25) is 0 Å². The van der Waals surface area contributed by atoms with Gasteiger partial charge in [-0.2, -0.15) is 0 Å². The van der Waals surface area contributed by atoms with E-state index in [4.69, 9.17) is 61.9 Å². The first kappa shape index (κ1) is 23.8. The molecule has 0 N–H and O–H groups in total. The molecule has 1 spiro atoms. The predicted molar refractivity (Wildman–Crippen MR) is 160 cm³/mol. The first-order chi connectivity index (χ1) is 19.4. The monoisotopic (exact) mass is 713 g/mol. The Hall–Kier alpha value is -2.92. The second-order valence-corrected chi connectivity index (χ2v) is 21.6. The summed E-state index contributed by atoms with van der Waals surface area (Å²) in [6.45, 7) is 0. The average molecular weight is 716 g/mol. The predicted octanol–water partition coefficient (Wildman–Crippen LogP) is 8.18. The van der Waals surface area contributed by atoms with E-state index in [9.17, 15) is 0 Å². The van der Waals surface area contributed by atoms with Gasteiger partial charge in [-0.25, -0.2) is 0 Å². The molecule has 5 aromatic carbocycles. The number of nitrogens with zero attached hydrogens (tertiary/aromatic N) is 1. The van der Waals surface area contributed by atoms with Crippen LogP contribution in [0.25, 0.3) is 0 Å². The number of halogens is 4. The second-order valence-electron chi connectivity index (χ2n) is 9.78. The maximum atomic E-state index is 7.37. The summed E-state index contributed by atoms with van der Waals surface area (Å²) >= 11 is 21.1. The fraction of sp³-hybridized carbons (Fsp3) is 0. The third kappa shape index (κ3) is 2.52. The van der Waals surface area contributed by atoms with Gasteiger partial charge in [-0.1, -0.05) is 0 Å². The summed E-state index contributed by atoms with van der Waals surface area (Å²) in [5.74, 6) is 2.97. The van der Waals surface area contributed by atoms with E-state index in [0.29, 0.717) is 23.0 Å². The van der Waals surface area contributed by atoms with Crippen LogP contribution >= 0.6 is 46.4 Å². The summed E-state index contributed by atoms with van der Waals surface area (Å²) < 4.78 is 30.3. The van der Waals surface area contributed by atoms with Crippen molar-refractivity contribution in [1.82, 2.24) is 0 Å². The average Bonchev–Trinajstić information content (AvgIpc) is 3.32. The van der Waals surface area contributed by atoms with Gasteiger partial charge in [0.25, 0.3) is 0 Å². The van der Waals surface area contributed by atoms with Gasteiger partial charge in [0, 0.05) is 0 Å². The van der Waals surface area contributed by atoms with Gasteiger partial charge in [0.05, 0.1) is 0 Å². The van der Waals surface area contributed by atoms with Crippen molar-refractivity contribution >= 4 is 92.2 Å². The van der Waals surface area contributed by atoms with Crippen LogP contribution in [-0.4, -0.2) is 18.2 Å². The zero-order valence-corrected chi connectivity index (χ0v) is 25.7. The van der Waals surface area contributed by atoms with Crippen LogP contribution in [0.4, 0.5) is 17.1 Å². The molecule has 5 aromatic rings. The maximum absolute atomic E-state index is 7.37. The molecule has 5 nitrogen and oxygen atoms in total. The van der Waals surface area contributed by atoms with Gasteiger partial charge in [0.1, 0.15) is 0 Å². The third-order valence-corrected chi connectivity index (χ3v) is 23.4. The molecule has 4 aliphatic heterocycles. The standard InChI is InChI=1S/C24H14NO2.C6H2Cl4O2.Sb/c1-2-7-18(8-3-1)25-19-9-4-11-21(15-19)26-23-13-6-14-24(17-23)27-22-12-5-10-20(25)16-22;7-1-2(8)4(10)6(12)5(11)3(1)9;/h1-14H;11-12H;/q;;+2/p-2. The van der Waals surface area contributed by atoms with Crippen LogP contribution < -0.4 is 30.9 Å². The molecule has 4 aliphatic rings. The fourth-order valence-corrected chi connectivity index (χ4v) is 23.5. The van der Waals surface area contributed by atoms with Crippen LogP contribution in [0.15, 0.2) is 84.9 Å². The summed E-state index contributed by atoms with van der Waals surface area (Å²) in [5, 5.41) is 0.489. The number of anilines is 3. The number of hydrogen-bond donors (Lipinski definition) is 0. The third-order valence-electron chi connectivity index (χ3n) is 7.79. The number of ether oxygens (including phenoxy) is 2. The number of rotatable bonds is 1. The molecule has 9 rings (SSSR count). The van der Waals surface area contributed by atoms with E-state index >= 15 is 0 Å². The van der Waals surface area contributed by atoms with Gasteiger partial charge < -0.3 is 0 Å². The van der Waals surface area contributed by atoms with E-state index in [1.54, 1.807) is 0 Å². The molecule has 0 amide bonds. The van der Waals surface area contributed by atoms with Crippen molar-refractivity contribution in [2.24, 2.45) is 0 Å². The Balaban J connectivity index is 1.53. The van der Waals surface area contributed by atoms with Crippen molar-refractivity contribution in [3.63, 3.8) is 0 Å². The molecule has 0 fully saturated rings. The quantitative estimate of drug-likeness (QED) is 0.0976. The normalized spacial score (nSPS) is 17.8. The molecule has 0 atom stereocenters.